The van der Waals surface area contributed by atoms with Crippen LogP contribution in [0, 0.1) is 0 Å². The third-order valence-corrected chi connectivity index (χ3v) is 2.23. The number of piperazine rings is 1. The lowest BCUT2D eigenvalue weighted by Gasteiger charge is -2.38. The molecule has 0 spiro atoms. The number of carbonyl (C=O) groups excluding carboxylic acids is 1. The smallest absolute Gasteiger partial charge is 0.236 e. The minimum Gasteiger partial charge on any atom is -0.376 e. The van der Waals surface area contributed by atoms with Crippen LogP contribution in [0.2, 0.25) is 0 Å². The quantitative estimate of drug-likeness (QED) is 0.579. The third kappa shape index (κ3) is 1.76. The Balaban J connectivity index is 2.61. The number of amides is 1. The molecule has 1 fully saturated rings. The highest BCUT2D eigenvalue weighted by Crippen LogP contribution is 2.10. The van der Waals surface area contributed by atoms with Gasteiger partial charge in [0, 0.05) is 13.1 Å². The van der Waals surface area contributed by atoms with Crippen LogP contribution in [0.15, 0.2) is 0 Å². The van der Waals surface area contributed by atoms with Gasteiger partial charge in [-0.25, -0.2) is 0 Å². The van der Waals surface area contributed by atoms with Gasteiger partial charge in [0.1, 0.15) is 6.23 Å². The molecule has 12 heavy (non-hydrogen) atoms. The monoisotopic (exact) mass is 172 g/mol. The van der Waals surface area contributed by atoms with Crippen LogP contribution in [0.5, 0.6) is 0 Å². The summed E-state index contributed by atoms with van der Waals surface area (Å²) >= 11 is 0. The highest BCUT2D eigenvalue weighted by atomic mass is 16.3. The van der Waals surface area contributed by atoms with Gasteiger partial charge in [0.15, 0.2) is 0 Å². The third-order valence-electron chi connectivity index (χ3n) is 2.23. The van der Waals surface area contributed by atoms with Gasteiger partial charge in [0.2, 0.25) is 5.91 Å². The van der Waals surface area contributed by atoms with Crippen LogP contribution in [0.1, 0.15) is 13.8 Å². The Hall–Kier alpha value is -0.610. The number of rotatable bonds is 1. The van der Waals surface area contributed by atoms with E-state index in [-0.39, 0.29) is 11.9 Å². The molecule has 1 heterocycles. The minimum absolute atomic E-state index is 0.0778. The van der Waals surface area contributed by atoms with Gasteiger partial charge in [-0.1, -0.05) is 0 Å². The van der Waals surface area contributed by atoms with Gasteiger partial charge in [0.05, 0.1) is 13.1 Å². The number of hydrogen-bond acceptors (Lipinski definition) is 3. The Kier molecular flexibility index (Phi) is 2.69. The molecule has 4 nitrogen and oxygen atoms in total. The minimum atomic E-state index is -0.507. The highest BCUT2D eigenvalue weighted by Gasteiger charge is 2.29. The molecule has 1 atom stereocenters. The summed E-state index contributed by atoms with van der Waals surface area (Å²) in [5, 5.41) is 9.56. The average Bonchev–Trinajstić information content (AvgIpc) is 1.96. The molecule has 0 saturated carbocycles. The van der Waals surface area contributed by atoms with Crippen molar-refractivity contribution < 1.29 is 9.90 Å². The van der Waals surface area contributed by atoms with Gasteiger partial charge in [0.25, 0.3) is 0 Å². The molecule has 1 aliphatic heterocycles. The molecule has 1 N–H and O–H groups in total. The van der Waals surface area contributed by atoms with E-state index in [9.17, 15) is 9.90 Å². The van der Waals surface area contributed by atoms with Gasteiger partial charge >= 0.3 is 0 Å². The summed E-state index contributed by atoms with van der Waals surface area (Å²) in [4.78, 5) is 14.6. The molecule has 1 amide bonds. The molecule has 0 radical (unpaired) electrons. The maximum Gasteiger partial charge on any atom is 0.236 e. The number of likely N-dealkylation sites (N-methyl/N-ethyl adjacent to an activating group) is 1. The largest absolute Gasteiger partial charge is 0.376 e. The Morgan fingerprint density at radius 2 is 2.17 bits per heavy atom. The van der Waals surface area contributed by atoms with E-state index in [1.165, 1.54) is 0 Å². The second-order valence-corrected chi connectivity index (χ2v) is 3.52. The summed E-state index contributed by atoms with van der Waals surface area (Å²) < 4.78 is 0. The molecule has 0 bridgehead atoms. The first kappa shape index (κ1) is 9.48. The maximum atomic E-state index is 11.2. The molecule has 1 aliphatic rings. The summed E-state index contributed by atoms with van der Waals surface area (Å²) in [6, 6.07) is 0.220. The maximum absolute atomic E-state index is 11.2. The number of β-amino-alcohol motifs (C(OH)–C–C–N with tert-alkyl or cyclic N) is 1. The van der Waals surface area contributed by atoms with Crippen molar-refractivity contribution in [2.75, 3.05) is 20.1 Å². The van der Waals surface area contributed by atoms with E-state index in [1.54, 1.807) is 16.8 Å². The number of hydrogen-bond donors (Lipinski definition) is 1. The van der Waals surface area contributed by atoms with E-state index in [2.05, 4.69) is 0 Å². The van der Waals surface area contributed by atoms with Crippen molar-refractivity contribution in [3.8, 4) is 0 Å². The molecule has 4 heteroatoms. The van der Waals surface area contributed by atoms with Crippen LogP contribution >= 0.6 is 0 Å². The number of carbonyl (C=O) groups is 1. The van der Waals surface area contributed by atoms with Crippen LogP contribution in [-0.4, -0.2) is 53.2 Å². The van der Waals surface area contributed by atoms with Crippen LogP contribution in [0.25, 0.3) is 0 Å². The van der Waals surface area contributed by atoms with Crippen LogP contribution in [0.3, 0.4) is 0 Å². The van der Waals surface area contributed by atoms with Crippen LogP contribution in [0.4, 0.5) is 0 Å². The molecular weight excluding hydrogens is 156 g/mol. The molecule has 70 valence electrons. The summed E-state index contributed by atoms with van der Waals surface area (Å²) in [7, 11) is 1.71. The lowest BCUT2D eigenvalue weighted by molar-refractivity contribution is -0.148. The molecule has 0 aliphatic carbocycles. The summed E-state index contributed by atoms with van der Waals surface area (Å²) in [5.74, 6) is 0.0778. The molecular formula is C8H16N2O2. The normalized spacial score (nSPS) is 26.9. The number of nitrogens with zero attached hydrogens (tertiary/aromatic N) is 2. The van der Waals surface area contributed by atoms with Crippen molar-refractivity contribution in [1.29, 1.82) is 0 Å². The molecule has 1 saturated heterocycles. The van der Waals surface area contributed by atoms with Crippen molar-refractivity contribution in [3.05, 3.63) is 0 Å². The number of aliphatic hydroxyl groups excluding tert-OH is 1. The van der Waals surface area contributed by atoms with Gasteiger partial charge < -0.3 is 10.0 Å². The SMILES string of the molecule is CC(C)N1CC(=O)N(C)CC1O. The van der Waals surface area contributed by atoms with Crippen molar-refractivity contribution in [3.63, 3.8) is 0 Å². The van der Waals surface area contributed by atoms with E-state index >= 15 is 0 Å². The lowest BCUT2D eigenvalue weighted by atomic mass is 10.2. The Bertz CT molecular complexity index is 182. The Labute approximate surface area is 72.8 Å². The first-order chi connectivity index (χ1) is 5.52. The predicted molar refractivity (Wildman–Crippen MR) is 45.5 cm³/mol. The molecule has 1 unspecified atom stereocenters. The van der Waals surface area contributed by atoms with Gasteiger partial charge in [-0.15, -0.1) is 0 Å². The van der Waals surface area contributed by atoms with Crippen LogP contribution in [-0.2, 0) is 4.79 Å². The molecule has 0 aromatic rings. The summed E-state index contributed by atoms with van der Waals surface area (Å²) in [6.07, 6.45) is -0.507. The average molecular weight is 172 g/mol. The second kappa shape index (κ2) is 3.41. The van der Waals surface area contributed by atoms with Gasteiger partial charge in [-0.2, -0.15) is 0 Å². The topological polar surface area (TPSA) is 43.8 Å². The Morgan fingerprint density at radius 3 is 2.67 bits per heavy atom. The molecule has 0 aromatic carbocycles. The fraction of sp³-hybridized carbons (Fsp3) is 0.875. The standard InChI is InChI=1S/C8H16N2O2/c1-6(2)10-5-7(11)9(3)4-8(10)12/h6,8,12H,4-5H2,1-3H3. The fourth-order valence-corrected chi connectivity index (χ4v) is 1.36. The van der Waals surface area contributed by atoms with E-state index in [1.807, 2.05) is 13.8 Å². The predicted octanol–water partition coefficient (Wildman–Crippen LogP) is -0.513. The lowest BCUT2D eigenvalue weighted by Crippen LogP contribution is -2.56. The zero-order valence-electron chi connectivity index (χ0n) is 7.82. The molecule has 0 aromatic heterocycles. The van der Waals surface area contributed by atoms with Crippen molar-refractivity contribution in [2.24, 2.45) is 0 Å². The van der Waals surface area contributed by atoms with E-state index < -0.39 is 6.23 Å². The zero-order chi connectivity index (χ0) is 9.30. The Morgan fingerprint density at radius 1 is 1.58 bits per heavy atom. The van der Waals surface area contributed by atoms with Crippen molar-refractivity contribution in [1.82, 2.24) is 9.80 Å². The van der Waals surface area contributed by atoms with Gasteiger partial charge in [-0.3, -0.25) is 9.69 Å². The first-order valence-corrected chi connectivity index (χ1v) is 4.20. The highest BCUT2D eigenvalue weighted by molar-refractivity contribution is 5.78. The van der Waals surface area contributed by atoms with Crippen LogP contribution < -0.4 is 0 Å². The van der Waals surface area contributed by atoms with Crippen molar-refractivity contribution >= 4 is 5.91 Å². The first-order valence-electron chi connectivity index (χ1n) is 4.20. The number of aliphatic hydroxyl groups is 1. The second-order valence-electron chi connectivity index (χ2n) is 3.52. The van der Waals surface area contributed by atoms with E-state index in [0.717, 1.165) is 0 Å². The summed E-state index contributed by atoms with van der Waals surface area (Å²) in [6.45, 7) is 4.69. The summed E-state index contributed by atoms with van der Waals surface area (Å²) in [5.41, 5.74) is 0. The van der Waals surface area contributed by atoms with Gasteiger partial charge in [-0.05, 0) is 13.8 Å². The van der Waals surface area contributed by atoms with Crippen molar-refractivity contribution in [2.45, 2.75) is 26.1 Å². The van der Waals surface area contributed by atoms with E-state index in [4.69, 9.17) is 0 Å². The fourth-order valence-electron chi connectivity index (χ4n) is 1.36. The van der Waals surface area contributed by atoms with E-state index in [0.29, 0.717) is 13.1 Å². The zero-order valence-corrected chi connectivity index (χ0v) is 7.82. The molecule has 1 rings (SSSR count).